The molecule has 1 heterocycles. The molecule has 0 saturated carbocycles. The van der Waals surface area contributed by atoms with E-state index >= 15 is 0 Å². The second-order valence-electron chi connectivity index (χ2n) is 2.66. The van der Waals surface area contributed by atoms with Gasteiger partial charge in [0.25, 0.3) is 0 Å². The van der Waals surface area contributed by atoms with Crippen molar-refractivity contribution >= 4 is 0 Å². The molecule has 0 N–H and O–H groups in total. The van der Waals surface area contributed by atoms with Crippen LogP contribution < -0.4 is 4.74 Å². The molecule has 3 heteroatoms. The molecule has 0 amide bonds. The van der Waals surface area contributed by atoms with Gasteiger partial charge in [0, 0.05) is 19.3 Å². The van der Waals surface area contributed by atoms with Gasteiger partial charge in [-0.2, -0.15) is 0 Å². The van der Waals surface area contributed by atoms with Gasteiger partial charge in [-0.25, -0.2) is 0 Å². The summed E-state index contributed by atoms with van der Waals surface area (Å²) in [7, 11) is 1.88. The van der Waals surface area contributed by atoms with E-state index in [0.717, 1.165) is 6.42 Å². The van der Waals surface area contributed by atoms with Crippen molar-refractivity contribution in [2.24, 2.45) is 7.05 Å². The standard InChI is InChI=1S/C8H14N2O/c1-4-7(2)11-8-5-6-10(3)9-8/h5-7H,4H2,1-3H3/t7-/m1/s1. The highest BCUT2D eigenvalue weighted by Gasteiger charge is 2.01. The van der Waals surface area contributed by atoms with Crippen molar-refractivity contribution in [1.29, 1.82) is 0 Å². The molecule has 0 saturated heterocycles. The van der Waals surface area contributed by atoms with E-state index in [0.29, 0.717) is 5.88 Å². The Morgan fingerprint density at radius 1 is 1.73 bits per heavy atom. The lowest BCUT2D eigenvalue weighted by atomic mass is 10.3. The normalized spacial score (nSPS) is 13.0. The zero-order chi connectivity index (χ0) is 8.27. The van der Waals surface area contributed by atoms with Gasteiger partial charge >= 0.3 is 0 Å². The van der Waals surface area contributed by atoms with Gasteiger partial charge in [-0.1, -0.05) is 6.92 Å². The Balaban J connectivity index is 2.50. The van der Waals surface area contributed by atoms with Gasteiger partial charge in [-0.3, -0.25) is 4.68 Å². The first kappa shape index (κ1) is 8.11. The second kappa shape index (κ2) is 3.42. The van der Waals surface area contributed by atoms with Crippen molar-refractivity contribution in [3.8, 4) is 5.88 Å². The lowest BCUT2D eigenvalue weighted by Crippen LogP contribution is -2.10. The van der Waals surface area contributed by atoms with Crippen LogP contribution in [0, 0.1) is 0 Å². The summed E-state index contributed by atoms with van der Waals surface area (Å²) in [5.41, 5.74) is 0. The summed E-state index contributed by atoms with van der Waals surface area (Å²) in [6, 6.07) is 1.87. The zero-order valence-corrected chi connectivity index (χ0v) is 7.24. The minimum absolute atomic E-state index is 0.255. The number of rotatable bonds is 3. The van der Waals surface area contributed by atoms with E-state index in [1.165, 1.54) is 0 Å². The fraction of sp³-hybridized carbons (Fsp3) is 0.625. The van der Waals surface area contributed by atoms with E-state index in [9.17, 15) is 0 Å². The van der Waals surface area contributed by atoms with Crippen molar-refractivity contribution in [3.05, 3.63) is 12.3 Å². The molecular weight excluding hydrogens is 140 g/mol. The Morgan fingerprint density at radius 3 is 2.91 bits per heavy atom. The number of ether oxygens (including phenoxy) is 1. The molecule has 1 atom stereocenters. The van der Waals surface area contributed by atoms with Crippen LogP contribution in [0.1, 0.15) is 20.3 Å². The van der Waals surface area contributed by atoms with Gasteiger partial charge in [0.1, 0.15) is 0 Å². The molecule has 0 aliphatic carbocycles. The molecule has 0 bridgehead atoms. The fourth-order valence-corrected chi connectivity index (χ4v) is 0.746. The van der Waals surface area contributed by atoms with Crippen molar-refractivity contribution in [1.82, 2.24) is 9.78 Å². The smallest absolute Gasteiger partial charge is 0.232 e. The molecule has 0 radical (unpaired) electrons. The second-order valence-corrected chi connectivity index (χ2v) is 2.66. The predicted molar refractivity (Wildman–Crippen MR) is 43.6 cm³/mol. The maximum Gasteiger partial charge on any atom is 0.232 e. The molecule has 1 aromatic heterocycles. The summed E-state index contributed by atoms with van der Waals surface area (Å²) >= 11 is 0. The number of nitrogens with zero attached hydrogens (tertiary/aromatic N) is 2. The molecule has 0 aromatic carbocycles. The van der Waals surface area contributed by atoms with Crippen molar-refractivity contribution in [2.75, 3.05) is 0 Å². The monoisotopic (exact) mass is 154 g/mol. The van der Waals surface area contributed by atoms with Crippen LogP contribution in [0.5, 0.6) is 5.88 Å². The average molecular weight is 154 g/mol. The van der Waals surface area contributed by atoms with E-state index in [4.69, 9.17) is 4.74 Å². The fourth-order valence-electron chi connectivity index (χ4n) is 0.746. The van der Waals surface area contributed by atoms with Crippen LogP contribution in [0.25, 0.3) is 0 Å². The Labute approximate surface area is 67.0 Å². The Morgan fingerprint density at radius 2 is 2.45 bits per heavy atom. The van der Waals surface area contributed by atoms with Crippen LogP contribution in [0.4, 0.5) is 0 Å². The van der Waals surface area contributed by atoms with Crippen molar-refractivity contribution in [2.45, 2.75) is 26.4 Å². The van der Waals surface area contributed by atoms with Crippen molar-refractivity contribution in [3.63, 3.8) is 0 Å². The molecule has 0 spiro atoms. The summed E-state index contributed by atoms with van der Waals surface area (Å²) in [4.78, 5) is 0. The molecule has 0 unspecified atom stereocenters. The number of aromatic nitrogens is 2. The summed E-state index contributed by atoms with van der Waals surface area (Å²) < 4.78 is 7.19. The van der Waals surface area contributed by atoms with Gasteiger partial charge in [0.2, 0.25) is 5.88 Å². The maximum absolute atomic E-state index is 5.45. The van der Waals surface area contributed by atoms with Gasteiger partial charge in [0.15, 0.2) is 0 Å². The minimum atomic E-state index is 0.255. The summed E-state index contributed by atoms with van der Waals surface area (Å²) in [5.74, 6) is 0.710. The first-order valence-corrected chi connectivity index (χ1v) is 3.88. The minimum Gasteiger partial charge on any atom is -0.474 e. The molecule has 0 aliphatic rings. The van der Waals surface area contributed by atoms with E-state index in [2.05, 4.69) is 12.0 Å². The molecule has 62 valence electrons. The Hall–Kier alpha value is -0.990. The summed E-state index contributed by atoms with van der Waals surface area (Å²) in [6.45, 7) is 4.13. The molecular formula is C8H14N2O. The first-order chi connectivity index (χ1) is 5.22. The third-order valence-electron chi connectivity index (χ3n) is 1.59. The van der Waals surface area contributed by atoms with Gasteiger partial charge < -0.3 is 4.74 Å². The molecule has 3 nitrogen and oxygen atoms in total. The number of hydrogen-bond donors (Lipinski definition) is 0. The van der Waals surface area contributed by atoms with Gasteiger partial charge in [-0.05, 0) is 13.3 Å². The quantitative estimate of drug-likeness (QED) is 0.661. The van der Waals surface area contributed by atoms with E-state index in [1.54, 1.807) is 4.68 Å². The van der Waals surface area contributed by atoms with Crippen LogP contribution in [0.3, 0.4) is 0 Å². The van der Waals surface area contributed by atoms with Crippen LogP contribution in [0.2, 0.25) is 0 Å². The first-order valence-electron chi connectivity index (χ1n) is 3.88. The molecule has 1 rings (SSSR count). The number of aryl methyl sites for hydroxylation is 1. The highest BCUT2D eigenvalue weighted by molar-refractivity contribution is 5.05. The highest BCUT2D eigenvalue weighted by Crippen LogP contribution is 2.08. The van der Waals surface area contributed by atoms with E-state index in [1.807, 2.05) is 26.2 Å². The summed E-state index contributed by atoms with van der Waals surface area (Å²) in [6.07, 6.45) is 3.14. The van der Waals surface area contributed by atoms with Gasteiger partial charge in [0.05, 0.1) is 6.10 Å². The lowest BCUT2D eigenvalue weighted by Gasteiger charge is -2.08. The molecule has 0 aliphatic heterocycles. The van der Waals surface area contributed by atoms with E-state index in [-0.39, 0.29) is 6.10 Å². The van der Waals surface area contributed by atoms with E-state index < -0.39 is 0 Å². The topological polar surface area (TPSA) is 27.1 Å². The lowest BCUT2D eigenvalue weighted by molar-refractivity contribution is 0.207. The zero-order valence-electron chi connectivity index (χ0n) is 7.24. The maximum atomic E-state index is 5.45. The third kappa shape index (κ3) is 2.26. The van der Waals surface area contributed by atoms with Crippen LogP contribution in [0.15, 0.2) is 12.3 Å². The largest absolute Gasteiger partial charge is 0.474 e. The van der Waals surface area contributed by atoms with Crippen LogP contribution >= 0.6 is 0 Å². The average Bonchev–Trinajstić information content (AvgIpc) is 2.35. The van der Waals surface area contributed by atoms with Gasteiger partial charge in [-0.15, -0.1) is 5.10 Å². The Bertz CT molecular complexity index is 220. The van der Waals surface area contributed by atoms with Crippen LogP contribution in [-0.4, -0.2) is 15.9 Å². The van der Waals surface area contributed by atoms with Crippen LogP contribution in [-0.2, 0) is 7.05 Å². The van der Waals surface area contributed by atoms with Crippen molar-refractivity contribution < 1.29 is 4.74 Å². The SMILES string of the molecule is CC[C@@H](C)Oc1ccn(C)n1. The highest BCUT2D eigenvalue weighted by atomic mass is 16.5. The molecule has 0 fully saturated rings. The summed E-state index contributed by atoms with van der Waals surface area (Å²) in [5, 5.41) is 4.09. The molecule has 11 heavy (non-hydrogen) atoms. The predicted octanol–water partition coefficient (Wildman–Crippen LogP) is 1.60. The third-order valence-corrected chi connectivity index (χ3v) is 1.59. The molecule has 1 aromatic rings. The number of hydrogen-bond acceptors (Lipinski definition) is 2. The Kier molecular flexibility index (Phi) is 2.52.